The van der Waals surface area contributed by atoms with Crippen LogP contribution in [0.25, 0.3) is 0 Å². The Hall–Kier alpha value is 1.67. The standard InChI is InChI=1S/C20H40Cl4O9Si4/c1-17-19-20-18(2)28-35(26-4,14-6-10-22)32-37(30-20,16-8-12-24)33-36(29-19,15-7-11-23)31-34(25-3,27-17)13-5-9-21/h17-20H,5-16H2,1-4H3/t17-,18+,19-,20-,34?,35?,36?,37?/m1/s1. The maximum Gasteiger partial charge on any atom is 0.493 e. The fourth-order valence-electron chi connectivity index (χ4n) is 4.93. The minimum absolute atomic E-state index is 0.419. The van der Waals surface area contributed by atoms with E-state index in [-0.39, 0.29) is 0 Å². The Morgan fingerprint density at radius 2 is 0.892 bits per heavy atom. The van der Waals surface area contributed by atoms with Gasteiger partial charge in [-0.2, -0.15) is 0 Å². The van der Waals surface area contributed by atoms with E-state index in [9.17, 15) is 0 Å². The van der Waals surface area contributed by atoms with E-state index in [1.165, 1.54) is 0 Å². The molecular formula is C20H40Cl4O9Si4. The summed E-state index contributed by atoms with van der Waals surface area (Å²) in [6.07, 6.45) is 0.642. The van der Waals surface area contributed by atoms with Crippen molar-refractivity contribution in [2.24, 2.45) is 0 Å². The molecule has 0 aromatic heterocycles. The van der Waals surface area contributed by atoms with Gasteiger partial charge in [-0.05, 0) is 39.5 Å². The van der Waals surface area contributed by atoms with Gasteiger partial charge < -0.3 is 38.9 Å². The molecule has 37 heavy (non-hydrogen) atoms. The topological polar surface area (TPSA) is 83.1 Å². The summed E-state index contributed by atoms with van der Waals surface area (Å²) < 4.78 is 59.6. The Morgan fingerprint density at radius 3 is 1.22 bits per heavy atom. The van der Waals surface area contributed by atoms with Crippen LogP contribution in [0.3, 0.4) is 0 Å². The molecule has 0 radical (unpaired) electrons. The molecule has 9 nitrogen and oxygen atoms in total. The first-order chi connectivity index (χ1) is 17.7. The van der Waals surface area contributed by atoms with Crippen molar-refractivity contribution < 1.29 is 38.9 Å². The third-order valence-corrected chi connectivity index (χ3v) is 23.0. The minimum atomic E-state index is -3.53. The Morgan fingerprint density at radius 1 is 0.541 bits per heavy atom. The van der Waals surface area contributed by atoms with Gasteiger partial charge in [0, 0.05) is 61.9 Å². The first kappa shape index (κ1) is 33.2. The molecule has 3 rings (SSSR count). The van der Waals surface area contributed by atoms with Crippen molar-refractivity contribution in [1.29, 1.82) is 0 Å². The largest absolute Gasteiger partial charge is 0.493 e. The maximum absolute atomic E-state index is 7.02. The van der Waals surface area contributed by atoms with E-state index < -0.39 is 59.6 Å². The van der Waals surface area contributed by atoms with Crippen LogP contribution in [-0.4, -0.2) is 97.4 Å². The Labute approximate surface area is 245 Å². The first-order valence-electron chi connectivity index (χ1n) is 12.8. The highest BCUT2D eigenvalue weighted by Crippen LogP contribution is 2.45. The fraction of sp³-hybridized carbons (Fsp3) is 1.00. The Bertz CT molecular complexity index is 671. The van der Waals surface area contributed by atoms with Gasteiger partial charge in [0.15, 0.2) is 0 Å². The molecule has 4 unspecified atom stereocenters. The Balaban J connectivity index is 2.16. The lowest BCUT2D eigenvalue weighted by Crippen LogP contribution is -2.65. The summed E-state index contributed by atoms with van der Waals surface area (Å²) in [5.41, 5.74) is 0. The second kappa shape index (κ2) is 14.7. The molecule has 0 aliphatic carbocycles. The van der Waals surface area contributed by atoms with E-state index >= 15 is 0 Å². The molecule has 218 valence electrons. The molecule has 3 fully saturated rings. The number of fused-ring (bicyclic) bond motifs is 5. The molecule has 3 heterocycles. The van der Waals surface area contributed by atoms with Crippen molar-refractivity contribution in [3.05, 3.63) is 0 Å². The third kappa shape index (κ3) is 7.94. The van der Waals surface area contributed by atoms with Crippen LogP contribution in [0.2, 0.25) is 24.2 Å². The zero-order valence-electron chi connectivity index (χ0n) is 22.0. The van der Waals surface area contributed by atoms with Gasteiger partial charge in [-0.1, -0.05) is 0 Å². The summed E-state index contributed by atoms with van der Waals surface area (Å²) in [4.78, 5) is 0. The summed E-state index contributed by atoms with van der Waals surface area (Å²) in [5, 5.41) is 0. The molecule has 0 aromatic rings. The van der Waals surface area contributed by atoms with E-state index in [1.54, 1.807) is 14.2 Å². The quantitative estimate of drug-likeness (QED) is 0.182. The van der Waals surface area contributed by atoms with Gasteiger partial charge in [-0.3, -0.25) is 0 Å². The number of rotatable bonds is 14. The van der Waals surface area contributed by atoms with Crippen LogP contribution in [0.4, 0.5) is 0 Å². The summed E-state index contributed by atoms with van der Waals surface area (Å²) in [7, 11) is -10.3. The van der Waals surface area contributed by atoms with Crippen LogP contribution in [-0.2, 0) is 38.9 Å². The van der Waals surface area contributed by atoms with Crippen LogP contribution >= 0.6 is 46.4 Å². The average Bonchev–Trinajstić information content (AvgIpc) is 3.17. The average molecular weight is 679 g/mol. The van der Waals surface area contributed by atoms with Gasteiger partial charge in [0.2, 0.25) is 0 Å². The van der Waals surface area contributed by atoms with Crippen molar-refractivity contribution in [2.75, 3.05) is 37.7 Å². The molecule has 0 N–H and O–H groups in total. The molecule has 0 spiro atoms. The van der Waals surface area contributed by atoms with Gasteiger partial charge >= 0.3 is 35.2 Å². The lowest BCUT2D eigenvalue weighted by atomic mass is 10.1. The second-order valence-corrected chi connectivity index (χ2v) is 22.6. The fourth-order valence-corrected chi connectivity index (χ4v) is 23.8. The predicted molar refractivity (Wildman–Crippen MR) is 152 cm³/mol. The SMILES string of the molecule is CO[Si]1(CCCCl)O[C@@H](C)[C@H]2O[Si](CCCCl)(O1)O[Si]1(CCCCl)O[C@@H]2[C@@H](C)O[Si](CCCCl)(OC)O1. The van der Waals surface area contributed by atoms with Gasteiger partial charge in [0.25, 0.3) is 0 Å². The van der Waals surface area contributed by atoms with E-state index in [2.05, 4.69) is 0 Å². The zero-order valence-corrected chi connectivity index (χ0v) is 29.0. The summed E-state index contributed by atoms with van der Waals surface area (Å²) in [6, 6.07) is 2.01. The van der Waals surface area contributed by atoms with Crippen molar-refractivity contribution in [3.63, 3.8) is 0 Å². The predicted octanol–water partition coefficient (Wildman–Crippen LogP) is 5.22. The number of halogens is 4. The number of hydrogen-bond acceptors (Lipinski definition) is 9. The van der Waals surface area contributed by atoms with Gasteiger partial charge in [-0.15, -0.1) is 46.4 Å². The van der Waals surface area contributed by atoms with E-state index in [4.69, 9.17) is 85.3 Å². The highest BCUT2D eigenvalue weighted by atomic mass is 35.5. The van der Waals surface area contributed by atoms with E-state index in [0.717, 1.165) is 0 Å². The summed E-state index contributed by atoms with van der Waals surface area (Å²) in [5.74, 6) is 1.75. The molecule has 17 heteroatoms. The van der Waals surface area contributed by atoms with Crippen LogP contribution in [0.1, 0.15) is 39.5 Å². The highest BCUT2D eigenvalue weighted by Gasteiger charge is 2.70. The third-order valence-electron chi connectivity index (χ3n) is 6.63. The van der Waals surface area contributed by atoms with Crippen LogP contribution in [0.15, 0.2) is 0 Å². The number of hydrogen-bond donors (Lipinski definition) is 0. The molecule has 0 amide bonds. The van der Waals surface area contributed by atoms with Gasteiger partial charge in [0.1, 0.15) is 12.2 Å². The Kier molecular flexibility index (Phi) is 13.2. The van der Waals surface area contributed by atoms with Crippen LogP contribution < -0.4 is 0 Å². The van der Waals surface area contributed by atoms with E-state index in [0.29, 0.717) is 73.4 Å². The molecule has 4 bridgehead atoms. The zero-order chi connectivity index (χ0) is 27.2. The minimum Gasteiger partial charge on any atom is -0.377 e. The number of alkyl halides is 4. The normalized spacial score (nSPS) is 42.2. The monoisotopic (exact) mass is 676 g/mol. The molecule has 0 saturated carbocycles. The molecule has 3 aliphatic rings. The lowest BCUT2D eigenvalue weighted by Gasteiger charge is -2.41. The van der Waals surface area contributed by atoms with Gasteiger partial charge in [-0.25, -0.2) is 0 Å². The molecule has 0 aromatic carbocycles. The second-order valence-electron chi connectivity index (χ2n) is 9.43. The highest BCUT2D eigenvalue weighted by molar-refractivity contribution is 6.84. The van der Waals surface area contributed by atoms with Crippen molar-refractivity contribution in [3.8, 4) is 0 Å². The molecule has 3 saturated heterocycles. The first-order valence-corrected chi connectivity index (χ1v) is 22.7. The molecule has 8 atom stereocenters. The van der Waals surface area contributed by atoms with Crippen molar-refractivity contribution >= 4 is 81.6 Å². The van der Waals surface area contributed by atoms with E-state index in [1.807, 2.05) is 13.8 Å². The summed E-state index contributed by atoms with van der Waals surface area (Å²) in [6.45, 7) is 3.90. The smallest absolute Gasteiger partial charge is 0.377 e. The van der Waals surface area contributed by atoms with Crippen LogP contribution in [0.5, 0.6) is 0 Å². The van der Waals surface area contributed by atoms with Crippen molar-refractivity contribution in [1.82, 2.24) is 0 Å². The lowest BCUT2D eigenvalue weighted by molar-refractivity contribution is -0.0661. The van der Waals surface area contributed by atoms with Crippen LogP contribution in [0, 0.1) is 0 Å². The van der Waals surface area contributed by atoms with Gasteiger partial charge in [0.05, 0.1) is 12.2 Å². The molecular weight excluding hydrogens is 638 g/mol. The van der Waals surface area contributed by atoms with Crippen molar-refractivity contribution in [2.45, 2.75) is 88.1 Å². The maximum atomic E-state index is 7.02. The molecule has 3 aliphatic heterocycles. The summed E-state index contributed by atoms with van der Waals surface area (Å²) >= 11 is 24.5.